The quantitative estimate of drug-likeness (QED) is 0.655. The molecule has 0 aliphatic rings. The summed E-state index contributed by atoms with van der Waals surface area (Å²) in [6.45, 7) is -0.825. The summed E-state index contributed by atoms with van der Waals surface area (Å²) in [7, 11) is 0. The Kier molecular flexibility index (Phi) is 4.71. The molecule has 2 N–H and O–H groups in total. The topological polar surface area (TPSA) is 44.5 Å². The van der Waals surface area contributed by atoms with Crippen LogP contribution >= 0.6 is 12.2 Å². The summed E-state index contributed by atoms with van der Waals surface area (Å²) in [6, 6.07) is 6.57. The van der Waals surface area contributed by atoms with Gasteiger partial charge in [-0.15, -0.1) is 13.2 Å². The molecule has 0 heterocycles. The van der Waals surface area contributed by atoms with E-state index in [1.165, 1.54) is 0 Å². The Hall–Kier alpha value is -1.34. The minimum Gasteiger partial charge on any atom is -0.490 e. The molecule has 7 heteroatoms. The molecule has 3 nitrogen and oxygen atoms in total. The van der Waals surface area contributed by atoms with Crippen LogP contribution in [0.15, 0.2) is 24.3 Å². The van der Waals surface area contributed by atoms with Gasteiger partial charge in [-0.2, -0.15) is 0 Å². The molecule has 94 valence electrons. The minimum atomic E-state index is -4.65. The van der Waals surface area contributed by atoms with Crippen molar-refractivity contribution in [2.45, 2.75) is 6.36 Å². The van der Waals surface area contributed by atoms with Crippen LogP contribution in [0.25, 0.3) is 0 Å². The van der Waals surface area contributed by atoms with Crippen molar-refractivity contribution in [1.29, 1.82) is 0 Å². The maximum Gasteiger partial charge on any atom is 0.522 e. The molecule has 0 saturated carbocycles. The van der Waals surface area contributed by atoms with E-state index in [0.717, 1.165) is 0 Å². The molecular formula is C10H10F3NO2S. The van der Waals surface area contributed by atoms with Crippen LogP contribution in [0.2, 0.25) is 0 Å². The zero-order chi connectivity index (χ0) is 12.9. The highest BCUT2D eigenvalue weighted by molar-refractivity contribution is 7.80. The lowest BCUT2D eigenvalue weighted by Gasteiger charge is -2.11. The predicted octanol–water partition coefficient (Wildman–Crippen LogP) is 2.24. The maximum absolute atomic E-state index is 11.7. The van der Waals surface area contributed by atoms with Crippen molar-refractivity contribution < 1.29 is 22.6 Å². The molecule has 0 unspecified atom stereocenters. The molecule has 0 fully saturated rings. The highest BCUT2D eigenvalue weighted by atomic mass is 32.1. The van der Waals surface area contributed by atoms with Crippen LogP contribution in [0.5, 0.6) is 5.75 Å². The third-order valence-corrected chi connectivity index (χ3v) is 1.98. The SMILES string of the molecule is NC(=S)c1ccccc1OCCOC(F)(F)F. The molecule has 0 aliphatic carbocycles. The monoisotopic (exact) mass is 265 g/mol. The molecule has 0 amide bonds. The van der Waals surface area contributed by atoms with E-state index in [2.05, 4.69) is 4.74 Å². The fraction of sp³-hybridized carbons (Fsp3) is 0.300. The number of nitrogens with two attached hydrogens (primary N) is 1. The standard InChI is InChI=1S/C10H10F3NO2S/c11-10(12,13)16-6-5-15-8-4-2-1-3-7(8)9(14)17/h1-4H,5-6H2,(H2,14,17). The first-order valence-corrected chi connectivity index (χ1v) is 5.03. The van der Waals surface area contributed by atoms with E-state index >= 15 is 0 Å². The van der Waals surface area contributed by atoms with E-state index < -0.39 is 13.0 Å². The van der Waals surface area contributed by atoms with Crippen molar-refractivity contribution in [3.8, 4) is 5.75 Å². The molecule has 0 atom stereocenters. The Balaban J connectivity index is 2.49. The second-order valence-electron chi connectivity index (χ2n) is 3.00. The Morgan fingerprint density at radius 1 is 1.24 bits per heavy atom. The molecule has 1 aromatic rings. The molecule has 0 radical (unpaired) electrons. The number of benzene rings is 1. The highest BCUT2D eigenvalue weighted by Gasteiger charge is 2.28. The molecule has 0 bridgehead atoms. The van der Waals surface area contributed by atoms with Crippen LogP contribution in [-0.2, 0) is 4.74 Å². The summed E-state index contributed by atoms with van der Waals surface area (Å²) in [5, 5.41) is 0. The van der Waals surface area contributed by atoms with Gasteiger partial charge in [0, 0.05) is 0 Å². The van der Waals surface area contributed by atoms with Crippen LogP contribution < -0.4 is 10.5 Å². The van der Waals surface area contributed by atoms with Gasteiger partial charge in [-0.1, -0.05) is 24.4 Å². The van der Waals surface area contributed by atoms with Gasteiger partial charge < -0.3 is 10.5 Å². The maximum atomic E-state index is 11.7. The van der Waals surface area contributed by atoms with E-state index in [1.807, 2.05) is 0 Å². The van der Waals surface area contributed by atoms with Crippen molar-refractivity contribution in [1.82, 2.24) is 0 Å². The molecule has 0 aliphatic heterocycles. The van der Waals surface area contributed by atoms with Gasteiger partial charge in [0.25, 0.3) is 0 Å². The van der Waals surface area contributed by atoms with Crippen LogP contribution in [0.1, 0.15) is 5.56 Å². The number of hydrogen-bond acceptors (Lipinski definition) is 3. The number of para-hydroxylation sites is 1. The second kappa shape index (κ2) is 5.83. The lowest BCUT2D eigenvalue weighted by molar-refractivity contribution is -0.325. The third kappa shape index (κ3) is 5.01. The molecule has 0 saturated heterocycles. The number of hydrogen-bond donors (Lipinski definition) is 1. The lowest BCUT2D eigenvalue weighted by atomic mass is 10.2. The molecular weight excluding hydrogens is 255 g/mol. The number of ether oxygens (including phenoxy) is 2. The average molecular weight is 265 g/mol. The molecule has 1 rings (SSSR count). The van der Waals surface area contributed by atoms with E-state index in [9.17, 15) is 13.2 Å². The summed E-state index contributed by atoms with van der Waals surface area (Å²) in [5.74, 6) is 0.339. The Bertz CT molecular complexity index is 395. The van der Waals surface area contributed by atoms with E-state index in [0.29, 0.717) is 11.3 Å². The van der Waals surface area contributed by atoms with Crippen molar-refractivity contribution in [2.75, 3.05) is 13.2 Å². The Morgan fingerprint density at radius 2 is 1.88 bits per heavy atom. The van der Waals surface area contributed by atoms with Crippen molar-refractivity contribution >= 4 is 17.2 Å². The largest absolute Gasteiger partial charge is 0.522 e. The normalized spacial score (nSPS) is 11.2. The first kappa shape index (κ1) is 13.7. The number of thiocarbonyl (C=S) groups is 1. The number of halogens is 3. The molecule has 0 aromatic heterocycles. The Labute approximate surface area is 101 Å². The van der Waals surface area contributed by atoms with Gasteiger partial charge in [0.1, 0.15) is 17.3 Å². The first-order valence-electron chi connectivity index (χ1n) is 4.62. The van der Waals surface area contributed by atoms with Gasteiger partial charge in [0.15, 0.2) is 0 Å². The third-order valence-electron chi connectivity index (χ3n) is 1.76. The van der Waals surface area contributed by atoms with Gasteiger partial charge in [-0.25, -0.2) is 0 Å². The second-order valence-corrected chi connectivity index (χ2v) is 3.44. The smallest absolute Gasteiger partial charge is 0.490 e. The summed E-state index contributed by atoms with van der Waals surface area (Å²) >= 11 is 4.77. The first-order chi connectivity index (χ1) is 7.90. The number of rotatable bonds is 5. The van der Waals surface area contributed by atoms with Gasteiger partial charge in [-0.3, -0.25) is 4.74 Å². The van der Waals surface area contributed by atoms with Crippen LogP contribution in [-0.4, -0.2) is 24.6 Å². The van der Waals surface area contributed by atoms with Gasteiger partial charge in [0.05, 0.1) is 12.2 Å². The number of alkyl halides is 3. The lowest BCUT2D eigenvalue weighted by Crippen LogP contribution is -2.19. The van der Waals surface area contributed by atoms with Crippen molar-refractivity contribution in [3.05, 3.63) is 29.8 Å². The molecule has 17 heavy (non-hydrogen) atoms. The van der Waals surface area contributed by atoms with E-state index in [4.69, 9.17) is 22.7 Å². The van der Waals surface area contributed by atoms with Crippen molar-refractivity contribution in [2.24, 2.45) is 5.73 Å². The van der Waals surface area contributed by atoms with E-state index in [-0.39, 0.29) is 11.6 Å². The van der Waals surface area contributed by atoms with Crippen LogP contribution in [0, 0.1) is 0 Å². The molecule has 0 spiro atoms. The van der Waals surface area contributed by atoms with Crippen LogP contribution in [0.4, 0.5) is 13.2 Å². The summed E-state index contributed by atoms with van der Waals surface area (Å²) in [4.78, 5) is 0.123. The van der Waals surface area contributed by atoms with E-state index in [1.54, 1.807) is 24.3 Å². The fourth-order valence-electron chi connectivity index (χ4n) is 1.11. The highest BCUT2D eigenvalue weighted by Crippen LogP contribution is 2.19. The van der Waals surface area contributed by atoms with Gasteiger partial charge in [-0.05, 0) is 12.1 Å². The zero-order valence-corrected chi connectivity index (χ0v) is 9.48. The summed E-state index contributed by atoms with van der Waals surface area (Å²) in [5.41, 5.74) is 5.91. The summed E-state index contributed by atoms with van der Waals surface area (Å²) < 4.78 is 43.7. The zero-order valence-electron chi connectivity index (χ0n) is 8.66. The Morgan fingerprint density at radius 3 is 2.47 bits per heavy atom. The fourth-order valence-corrected chi connectivity index (χ4v) is 1.27. The summed E-state index contributed by atoms with van der Waals surface area (Å²) in [6.07, 6.45) is -4.65. The van der Waals surface area contributed by atoms with Gasteiger partial charge >= 0.3 is 6.36 Å². The minimum absolute atomic E-state index is 0.123. The van der Waals surface area contributed by atoms with Crippen molar-refractivity contribution in [3.63, 3.8) is 0 Å². The molecule has 1 aromatic carbocycles. The van der Waals surface area contributed by atoms with Gasteiger partial charge in [0.2, 0.25) is 0 Å². The van der Waals surface area contributed by atoms with Crippen LogP contribution in [0.3, 0.4) is 0 Å². The average Bonchev–Trinajstić information content (AvgIpc) is 2.23. The predicted molar refractivity (Wildman–Crippen MR) is 59.8 cm³/mol.